The van der Waals surface area contributed by atoms with Gasteiger partial charge in [0.05, 0.1) is 15.8 Å². The van der Waals surface area contributed by atoms with Crippen LogP contribution < -0.4 is 5.56 Å². The van der Waals surface area contributed by atoms with Crippen LogP contribution in [-0.2, 0) is 6.42 Å². The molecule has 0 spiro atoms. The third-order valence-electron chi connectivity index (χ3n) is 3.66. The Morgan fingerprint density at radius 1 is 1.05 bits per heavy atom. The predicted molar refractivity (Wildman–Crippen MR) is 87.8 cm³/mol. The van der Waals surface area contributed by atoms with Crippen LogP contribution in [0.15, 0.2) is 59.4 Å². The highest BCUT2D eigenvalue weighted by molar-refractivity contribution is 7.23. The topological polar surface area (TPSA) is 54.6 Å². The minimum atomic E-state index is -0.205. The number of rotatable bonds is 2. The average Bonchev–Trinajstić information content (AvgIpc) is 2.90. The fraction of sp³-hybridized carbons (Fsp3) is 0.0588. The van der Waals surface area contributed by atoms with Gasteiger partial charge in [0.25, 0.3) is 5.56 Å². The Hall–Kier alpha value is -2.66. The molecule has 0 fully saturated rings. The van der Waals surface area contributed by atoms with Gasteiger partial charge in [0, 0.05) is 6.42 Å². The summed E-state index contributed by atoms with van der Waals surface area (Å²) in [4.78, 5) is 17.5. The van der Waals surface area contributed by atoms with Gasteiger partial charge in [0.1, 0.15) is 0 Å². The van der Waals surface area contributed by atoms with E-state index in [2.05, 4.69) is 4.98 Å². The zero-order chi connectivity index (χ0) is 15.1. The van der Waals surface area contributed by atoms with E-state index in [1.54, 1.807) is 4.40 Å². The van der Waals surface area contributed by atoms with Crippen molar-refractivity contribution in [2.75, 3.05) is 0 Å². The summed E-state index contributed by atoms with van der Waals surface area (Å²) >= 11 is 1.40. The number of aromatic hydroxyl groups is 1. The number of hydrogen-bond acceptors (Lipinski definition) is 4. The van der Waals surface area contributed by atoms with Crippen LogP contribution in [0.4, 0.5) is 0 Å². The summed E-state index contributed by atoms with van der Waals surface area (Å²) in [5, 5.41) is 10.2. The van der Waals surface area contributed by atoms with Gasteiger partial charge in [-0.15, -0.1) is 0 Å². The predicted octanol–water partition coefficient (Wildman–Crippen LogP) is 3.21. The molecule has 0 radical (unpaired) electrons. The SMILES string of the molecule is O=c1c(Cc2ccccc2)c(O)nc2sc3ccccc3n12. The summed E-state index contributed by atoms with van der Waals surface area (Å²) in [6, 6.07) is 17.3. The zero-order valence-electron chi connectivity index (χ0n) is 11.6. The maximum Gasteiger partial charge on any atom is 0.266 e. The van der Waals surface area contributed by atoms with Gasteiger partial charge >= 0.3 is 0 Å². The first-order valence-electron chi connectivity index (χ1n) is 6.90. The van der Waals surface area contributed by atoms with Crippen molar-refractivity contribution < 1.29 is 5.11 Å². The molecule has 0 unspecified atom stereocenters. The molecule has 22 heavy (non-hydrogen) atoms. The number of aromatic nitrogens is 2. The van der Waals surface area contributed by atoms with E-state index in [4.69, 9.17) is 0 Å². The summed E-state index contributed by atoms with van der Waals surface area (Å²) in [6.07, 6.45) is 0.367. The lowest BCUT2D eigenvalue weighted by Crippen LogP contribution is -2.19. The Kier molecular flexibility index (Phi) is 2.94. The fourth-order valence-corrected chi connectivity index (χ4v) is 3.60. The first kappa shape index (κ1) is 13.0. The van der Waals surface area contributed by atoms with E-state index in [0.717, 1.165) is 15.8 Å². The monoisotopic (exact) mass is 308 g/mol. The van der Waals surface area contributed by atoms with Gasteiger partial charge in [0.15, 0.2) is 0 Å². The summed E-state index contributed by atoms with van der Waals surface area (Å²) in [6.45, 7) is 0. The van der Waals surface area contributed by atoms with Gasteiger partial charge in [0.2, 0.25) is 10.8 Å². The van der Waals surface area contributed by atoms with Crippen LogP contribution in [0.25, 0.3) is 15.2 Å². The van der Waals surface area contributed by atoms with Crippen LogP contribution in [0, 0.1) is 0 Å². The van der Waals surface area contributed by atoms with Crippen LogP contribution in [0.5, 0.6) is 5.88 Å². The highest BCUT2D eigenvalue weighted by atomic mass is 32.1. The highest BCUT2D eigenvalue weighted by Crippen LogP contribution is 2.26. The summed E-state index contributed by atoms with van der Waals surface area (Å²) in [5.74, 6) is -0.180. The smallest absolute Gasteiger partial charge is 0.266 e. The van der Waals surface area contributed by atoms with Crippen LogP contribution in [0.1, 0.15) is 11.1 Å². The van der Waals surface area contributed by atoms with E-state index in [1.165, 1.54) is 11.3 Å². The van der Waals surface area contributed by atoms with Crippen LogP contribution >= 0.6 is 11.3 Å². The molecule has 0 atom stereocenters. The maximum atomic E-state index is 12.8. The van der Waals surface area contributed by atoms with Gasteiger partial charge in [-0.1, -0.05) is 53.8 Å². The molecule has 5 heteroatoms. The van der Waals surface area contributed by atoms with Crippen LogP contribution in [-0.4, -0.2) is 14.5 Å². The molecule has 0 aliphatic carbocycles. The highest BCUT2D eigenvalue weighted by Gasteiger charge is 2.16. The molecule has 0 saturated carbocycles. The van der Waals surface area contributed by atoms with E-state index in [-0.39, 0.29) is 11.4 Å². The second kappa shape index (κ2) is 4.96. The molecular formula is C17H12N2O2S. The second-order valence-corrected chi connectivity index (χ2v) is 6.08. The van der Waals surface area contributed by atoms with Gasteiger partial charge in [-0.2, -0.15) is 4.98 Å². The Morgan fingerprint density at radius 2 is 1.77 bits per heavy atom. The molecule has 0 amide bonds. The van der Waals surface area contributed by atoms with E-state index < -0.39 is 0 Å². The number of thiazole rings is 1. The van der Waals surface area contributed by atoms with Gasteiger partial charge < -0.3 is 5.11 Å². The van der Waals surface area contributed by atoms with Crippen molar-refractivity contribution in [2.45, 2.75) is 6.42 Å². The molecule has 0 aliphatic rings. The van der Waals surface area contributed by atoms with Crippen molar-refractivity contribution >= 4 is 26.5 Å². The second-order valence-electron chi connectivity index (χ2n) is 5.07. The number of hydrogen-bond donors (Lipinski definition) is 1. The Morgan fingerprint density at radius 3 is 2.59 bits per heavy atom. The minimum absolute atomic E-state index is 0.180. The number of para-hydroxylation sites is 1. The number of nitrogens with zero attached hydrogens (tertiary/aromatic N) is 2. The van der Waals surface area contributed by atoms with Gasteiger partial charge in [-0.05, 0) is 17.7 Å². The summed E-state index contributed by atoms with van der Waals surface area (Å²) in [7, 11) is 0. The fourth-order valence-electron chi connectivity index (χ4n) is 2.59. The molecule has 4 rings (SSSR count). The first-order chi connectivity index (χ1) is 10.7. The largest absolute Gasteiger partial charge is 0.493 e. The third kappa shape index (κ3) is 1.98. The number of fused-ring (bicyclic) bond motifs is 3. The van der Waals surface area contributed by atoms with E-state index in [1.807, 2.05) is 54.6 Å². The van der Waals surface area contributed by atoms with Crippen molar-refractivity contribution in [1.82, 2.24) is 9.38 Å². The van der Waals surface area contributed by atoms with Gasteiger partial charge in [-0.3, -0.25) is 9.20 Å². The van der Waals surface area contributed by atoms with E-state index >= 15 is 0 Å². The van der Waals surface area contributed by atoms with Crippen molar-refractivity contribution in [3.63, 3.8) is 0 Å². The van der Waals surface area contributed by atoms with E-state index in [9.17, 15) is 9.90 Å². The first-order valence-corrected chi connectivity index (χ1v) is 7.72. The summed E-state index contributed by atoms with van der Waals surface area (Å²) in [5.41, 5.74) is 1.92. The summed E-state index contributed by atoms with van der Waals surface area (Å²) < 4.78 is 2.56. The normalized spacial score (nSPS) is 11.3. The molecule has 0 saturated heterocycles. The van der Waals surface area contributed by atoms with Crippen molar-refractivity contribution in [3.8, 4) is 5.88 Å². The lowest BCUT2D eigenvalue weighted by molar-refractivity contribution is 0.447. The van der Waals surface area contributed by atoms with E-state index in [0.29, 0.717) is 16.9 Å². The lowest BCUT2D eigenvalue weighted by Gasteiger charge is -2.04. The molecule has 2 aromatic heterocycles. The Balaban J connectivity index is 1.99. The molecule has 0 bridgehead atoms. The molecule has 4 aromatic rings. The zero-order valence-corrected chi connectivity index (χ0v) is 12.4. The van der Waals surface area contributed by atoms with Crippen LogP contribution in [0.2, 0.25) is 0 Å². The quantitative estimate of drug-likeness (QED) is 0.618. The van der Waals surface area contributed by atoms with Gasteiger partial charge in [-0.25, -0.2) is 0 Å². The molecule has 1 N–H and O–H groups in total. The number of benzene rings is 2. The maximum absolute atomic E-state index is 12.8. The molecular weight excluding hydrogens is 296 g/mol. The average molecular weight is 308 g/mol. The molecule has 2 aromatic carbocycles. The molecule has 4 nitrogen and oxygen atoms in total. The van der Waals surface area contributed by atoms with Crippen molar-refractivity contribution in [3.05, 3.63) is 76.1 Å². The third-order valence-corrected chi connectivity index (χ3v) is 4.68. The molecule has 2 heterocycles. The Labute approximate surface area is 129 Å². The standard InChI is InChI=1S/C17H12N2O2S/c20-15-12(10-11-6-2-1-3-7-11)16(21)19-13-8-4-5-9-14(13)22-17(19)18-15/h1-9,20H,10H2. The molecule has 108 valence electrons. The minimum Gasteiger partial charge on any atom is -0.493 e. The Bertz CT molecular complexity index is 1040. The van der Waals surface area contributed by atoms with Crippen molar-refractivity contribution in [2.24, 2.45) is 0 Å². The lowest BCUT2D eigenvalue weighted by atomic mass is 10.1. The van der Waals surface area contributed by atoms with Crippen LogP contribution in [0.3, 0.4) is 0 Å². The molecule has 0 aliphatic heterocycles. The van der Waals surface area contributed by atoms with Crippen molar-refractivity contribution in [1.29, 1.82) is 0 Å².